The summed E-state index contributed by atoms with van der Waals surface area (Å²) < 4.78 is 111. The number of rotatable bonds is 9. The van der Waals surface area contributed by atoms with Gasteiger partial charge in [-0.05, 0) is 42.0 Å². The van der Waals surface area contributed by atoms with Crippen LogP contribution in [0.4, 0.5) is 32.2 Å². The van der Waals surface area contributed by atoms with E-state index in [4.69, 9.17) is 5.73 Å². The number of pyridine rings is 1. The van der Waals surface area contributed by atoms with Crippen LogP contribution < -0.4 is 25.4 Å². The van der Waals surface area contributed by atoms with Crippen molar-refractivity contribution in [3.8, 4) is 11.5 Å². The summed E-state index contributed by atoms with van der Waals surface area (Å²) in [5.74, 6) is -2.62. The van der Waals surface area contributed by atoms with Gasteiger partial charge in [-0.25, -0.2) is 18.4 Å². The van der Waals surface area contributed by atoms with Crippen LogP contribution in [-0.2, 0) is 21.4 Å². The van der Waals surface area contributed by atoms with E-state index in [1.54, 1.807) is 0 Å². The van der Waals surface area contributed by atoms with Crippen molar-refractivity contribution < 1.29 is 53.8 Å². The summed E-state index contributed by atoms with van der Waals surface area (Å²) in [5, 5.41) is 2.57. The van der Waals surface area contributed by atoms with Crippen molar-refractivity contribution in [2.24, 2.45) is 5.73 Å². The summed E-state index contributed by atoms with van der Waals surface area (Å²) in [6, 6.07) is 6.58. The van der Waals surface area contributed by atoms with E-state index in [1.807, 2.05) is 0 Å². The number of fused-ring (bicyclic) bond motifs is 1. The number of sulfonamides is 1. The third-order valence-electron chi connectivity index (χ3n) is 6.95. The van der Waals surface area contributed by atoms with Crippen LogP contribution in [0.15, 0.2) is 72.0 Å². The molecule has 254 valence electrons. The van der Waals surface area contributed by atoms with Crippen LogP contribution in [0, 0.1) is 0 Å². The van der Waals surface area contributed by atoms with E-state index in [-0.39, 0.29) is 48.6 Å². The molecule has 2 aromatic heterocycles. The van der Waals surface area contributed by atoms with Crippen LogP contribution in [0.2, 0.25) is 0 Å². The first-order chi connectivity index (χ1) is 22.5. The number of nitrogens with one attached hydrogen (secondary N) is 1. The smallest absolute Gasteiger partial charge is 0.406 e. The van der Waals surface area contributed by atoms with Gasteiger partial charge in [0.15, 0.2) is 0 Å². The summed E-state index contributed by atoms with van der Waals surface area (Å²) in [7, 11) is -4.50. The standard InChI is InChI=1S/C28H23F6N7O6S/c29-27(30,31)46-17-3-1-16(2-4-17)11-38-26(43)22-15-40(23-14-37-21-13-36-12-20(25(35)42)24(21)39-23)9-10-41(22)48(44,45)19-7-5-18(6-8-19)47-28(32,33)34/h1-8,12-14,22H,9-11,15H2,(H2,35,42)(H,38,43). The first-order valence-corrected chi connectivity index (χ1v) is 15.1. The van der Waals surface area contributed by atoms with Gasteiger partial charge in [-0.2, -0.15) is 4.31 Å². The lowest BCUT2D eigenvalue weighted by Gasteiger charge is -2.40. The van der Waals surface area contributed by atoms with Gasteiger partial charge in [0.2, 0.25) is 15.9 Å². The van der Waals surface area contributed by atoms with E-state index < -0.39 is 57.0 Å². The maximum absolute atomic E-state index is 13.7. The molecule has 1 saturated heterocycles. The number of nitrogens with two attached hydrogens (primary N) is 1. The lowest BCUT2D eigenvalue weighted by atomic mass is 10.1. The minimum atomic E-state index is -5.01. The van der Waals surface area contributed by atoms with Gasteiger partial charge in [0.25, 0.3) is 5.91 Å². The molecule has 1 fully saturated rings. The Morgan fingerprint density at radius 2 is 1.50 bits per heavy atom. The molecule has 0 spiro atoms. The molecule has 1 aliphatic heterocycles. The fourth-order valence-electron chi connectivity index (χ4n) is 4.80. The Kier molecular flexibility index (Phi) is 9.31. The number of piperazine rings is 1. The van der Waals surface area contributed by atoms with Gasteiger partial charge in [0.05, 0.1) is 22.9 Å². The van der Waals surface area contributed by atoms with Gasteiger partial charge >= 0.3 is 12.7 Å². The number of ether oxygens (including phenoxy) is 2. The number of alkyl halides is 6. The normalized spacial score (nSPS) is 16.0. The molecule has 3 heterocycles. The van der Waals surface area contributed by atoms with E-state index in [0.29, 0.717) is 5.56 Å². The molecule has 0 bridgehead atoms. The quantitative estimate of drug-likeness (QED) is 0.248. The molecule has 0 aliphatic carbocycles. The molecule has 20 heteroatoms. The fourth-order valence-corrected chi connectivity index (χ4v) is 6.37. The number of benzene rings is 2. The van der Waals surface area contributed by atoms with Gasteiger partial charge in [0, 0.05) is 32.4 Å². The largest absolute Gasteiger partial charge is 0.573 e. The average Bonchev–Trinajstić information content (AvgIpc) is 3.02. The molecule has 0 radical (unpaired) electrons. The molecule has 1 atom stereocenters. The second kappa shape index (κ2) is 13.1. The Bertz CT molecular complexity index is 1930. The minimum Gasteiger partial charge on any atom is -0.406 e. The highest BCUT2D eigenvalue weighted by atomic mass is 32.2. The third-order valence-corrected chi connectivity index (χ3v) is 8.88. The molecule has 1 unspecified atom stereocenters. The molecule has 3 N–H and O–H groups in total. The number of halogens is 6. The maximum atomic E-state index is 13.7. The zero-order chi connectivity index (χ0) is 34.9. The monoisotopic (exact) mass is 699 g/mol. The number of nitrogens with zero attached hydrogens (tertiary/aromatic N) is 5. The number of primary amides is 1. The van der Waals surface area contributed by atoms with Crippen LogP contribution in [0.1, 0.15) is 15.9 Å². The number of amides is 2. The molecule has 4 aromatic rings. The van der Waals surface area contributed by atoms with Crippen molar-refractivity contribution >= 4 is 38.7 Å². The van der Waals surface area contributed by atoms with E-state index in [9.17, 15) is 44.3 Å². The topological polar surface area (TPSA) is 170 Å². The minimum absolute atomic E-state index is 0.0260. The number of carbonyl (C=O) groups excluding carboxylic acids is 2. The Labute approximate surface area is 267 Å². The lowest BCUT2D eigenvalue weighted by molar-refractivity contribution is -0.275. The molecular formula is C28H23F6N7O6S. The van der Waals surface area contributed by atoms with E-state index in [0.717, 1.165) is 40.7 Å². The van der Waals surface area contributed by atoms with Crippen molar-refractivity contribution in [3.63, 3.8) is 0 Å². The summed E-state index contributed by atoms with van der Waals surface area (Å²) in [4.78, 5) is 39.2. The van der Waals surface area contributed by atoms with Crippen molar-refractivity contribution in [2.75, 3.05) is 24.5 Å². The molecule has 1 aliphatic rings. The summed E-state index contributed by atoms with van der Waals surface area (Å²) >= 11 is 0. The molecule has 5 rings (SSSR count). The first-order valence-electron chi connectivity index (χ1n) is 13.7. The molecule has 2 aromatic carbocycles. The van der Waals surface area contributed by atoms with E-state index in [2.05, 4.69) is 29.7 Å². The lowest BCUT2D eigenvalue weighted by Crippen LogP contribution is -2.60. The summed E-state index contributed by atoms with van der Waals surface area (Å²) in [6.45, 7) is -0.848. The predicted octanol–water partition coefficient (Wildman–Crippen LogP) is 3.12. The molecule has 0 saturated carbocycles. The number of carbonyl (C=O) groups is 2. The van der Waals surface area contributed by atoms with E-state index >= 15 is 0 Å². The third kappa shape index (κ3) is 8.00. The Hall–Kier alpha value is -5.24. The number of hydrogen-bond donors (Lipinski definition) is 2. The first kappa shape index (κ1) is 34.1. The number of aromatic nitrogens is 3. The second-order valence-corrected chi connectivity index (χ2v) is 12.0. The summed E-state index contributed by atoms with van der Waals surface area (Å²) in [5.41, 5.74) is 6.13. The van der Waals surface area contributed by atoms with Crippen LogP contribution >= 0.6 is 0 Å². The van der Waals surface area contributed by atoms with Gasteiger partial charge in [0.1, 0.15) is 34.4 Å². The van der Waals surface area contributed by atoms with Gasteiger partial charge in [-0.15, -0.1) is 26.3 Å². The van der Waals surface area contributed by atoms with Gasteiger partial charge in [-0.3, -0.25) is 14.6 Å². The highest BCUT2D eigenvalue weighted by Gasteiger charge is 2.41. The van der Waals surface area contributed by atoms with Crippen LogP contribution in [-0.4, -0.2) is 77.9 Å². The second-order valence-electron chi connectivity index (χ2n) is 10.2. The van der Waals surface area contributed by atoms with Crippen molar-refractivity contribution in [2.45, 2.75) is 30.2 Å². The number of hydrogen-bond acceptors (Lipinski definition) is 10. The fraction of sp³-hybridized carbons (Fsp3) is 0.250. The summed E-state index contributed by atoms with van der Waals surface area (Å²) in [6.07, 6.45) is -6.02. The molecular weight excluding hydrogens is 676 g/mol. The van der Waals surface area contributed by atoms with E-state index in [1.165, 1.54) is 35.6 Å². The van der Waals surface area contributed by atoms with Gasteiger partial charge in [-0.1, -0.05) is 12.1 Å². The van der Waals surface area contributed by atoms with Crippen molar-refractivity contribution in [1.82, 2.24) is 24.6 Å². The van der Waals surface area contributed by atoms with Crippen molar-refractivity contribution in [3.05, 3.63) is 78.2 Å². The SMILES string of the molecule is NC(=O)c1cncc2ncc(N3CCN(S(=O)(=O)c4ccc(OC(F)(F)F)cc4)C(C(=O)NCc4ccc(OC(F)(F)F)cc4)C3)nc12. The number of anilines is 1. The highest BCUT2D eigenvalue weighted by Crippen LogP contribution is 2.29. The predicted molar refractivity (Wildman–Crippen MR) is 154 cm³/mol. The Morgan fingerprint density at radius 1 is 0.896 bits per heavy atom. The van der Waals surface area contributed by atoms with Crippen molar-refractivity contribution in [1.29, 1.82) is 0 Å². The highest BCUT2D eigenvalue weighted by molar-refractivity contribution is 7.89. The van der Waals surface area contributed by atoms with Crippen LogP contribution in [0.25, 0.3) is 11.0 Å². The molecule has 2 amide bonds. The Morgan fingerprint density at radius 3 is 2.08 bits per heavy atom. The zero-order valence-electron chi connectivity index (χ0n) is 24.2. The van der Waals surface area contributed by atoms with Crippen LogP contribution in [0.5, 0.6) is 11.5 Å². The molecule has 48 heavy (non-hydrogen) atoms. The van der Waals surface area contributed by atoms with Crippen LogP contribution in [0.3, 0.4) is 0 Å². The molecule has 13 nitrogen and oxygen atoms in total. The zero-order valence-corrected chi connectivity index (χ0v) is 25.0. The van der Waals surface area contributed by atoms with Gasteiger partial charge < -0.3 is 25.4 Å². The maximum Gasteiger partial charge on any atom is 0.573 e. The average molecular weight is 700 g/mol. The Balaban J connectivity index is 1.42.